The van der Waals surface area contributed by atoms with E-state index in [-0.39, 0.29) is 0 Å². The quantitative estimate of drug-likeness (QED) is 0.592. The van der Waals surface area contributed by atoms with Crippen molar-refractivity contribution < 1.29 is 13.9 Å². The first-order chi connectivity index (χ1) is 11.7. The van der Waals surface area contributed by atoms with E-state index < -0.39 is 12.0 Å². The monoisotopic (exact) mass is 318 g/mol. The maximum Gasteiger partial charge on any atom is 0.313 e. The number of hydrogen-bond donors (Lipinski definition) is 0. The fourth-order valence-corrected chi connectivity index (χ4v) is 3.40. The first kappa shape index (κ1) is 14.6. The lowest BCUT2D eigenvalue weighted by atomic mass is 9.83. The molecular weight excluding hydrogens is 303 g/mol. The second-order valence-corrected chi connectivity index (χ2v) is 5.89. The van der Waals surface area contributed by atoms with E-state index in [9.17, 15) is 9.18 Å². The first-order valence-corrected chi connectivity index (χ1v) is 7.82. The molecule has 1 heterocycles. The third kappa shape index (κ3) is 2.21. The zero-order valence-corrected chi connectivity index (χ0v) is 13.1. The number of carbonyl (C=O) groups excluding carboxylic acids is 1. The molecular formula is C21H15FO2. The summed E-state index contributed by atoms with van der Waals surface area (Å²) in [4.78, 5) is 11.8. The van der Waals surface area contributed by atoms with Crippen LogP contribution in [0.1, 0.15) is 22.6 Å². The van der Waals surface area contributed by atoms with Crippen LogP contribution in [0.2, 0.25) is 0 Å². The Morgan fingerprint density at radius 3 is 2.38 bits per heavy atom. The molecule has 0 radical (unpaired) electrons. The van der Waals surface area contributed by atoms with Crippen molar-refractivity contribution >= 4 is 6.04 Å². The van der Waals surface area contributed by atoms with E-state index in [2.05, 4.69) is 0 Å². The van der Waals surface area contributed by atoms with Crippen LogP contribution in [-0.2, 0) is 4.79 Å². The molecule has 0 bridgehead atoms. The minimum absolute atomic E-state index is 0.535. The zero-order valence-electron chi connectivity index (χ0n) is 13.1. The van der Waals surface area contributed by atoms with E-state index >= 15 is 0 Å². The summed E-state index contributed by atoms with van der Waals surface area (Å²) < 4.78 is 19.9. The molecule has 0 aliphatic carbocycles. The van der Waals surface area contributed by atoms with Gasteiger partial charge in [-0.3, -0.25) is 4.79 Å². The normalized spacial score (nSPS) is 15.2. The molecule has 2 nitrogen and oxygen atoms in total. The van der Waals surface area contributed by atoms with Gasteiger partial charge in [-0.2, -0.15) is 4.39 Å². The van der Waals surface area contributed by atoms with Crippen molar-refractivity contribution in [3.8, 4) is 22.6 Å². The summed E-state index contributed by atoms with van der Waals surface area (Å²) in [6, 6.07) is 19.4. The minimum Gasteiger partial charge on any atom is -0.457 e. The Morgan fingerprint density at radius 2 is 1.62 bits per heavy atom. The predicted octanol–water partition coefficient (Wildman–Crippen LogP) is 5.40. The van der Waals surface area contributed by atoms with Crippen LogP contribution < -0.4 is 4.74 Å². The summed E-state index contributed by atoms with van der Waals surface area (Å²) in [5.74, 6) is 0.142. The van der Waals surface area contributed by atoms with Crippen molar-refractivity contribution in [3.05, 3.63) is 83.4 Å². The summed E-state index contributed by atoms with van der Waals surface area (Å²) in [5, 5.41) is 0. The molecule has 1 aliphatic rings. The van der Waals surface area contributed by atoms with Crippen LogP contribution in [0.15, 0.2) is 66.7 Å². The predicted molar refractivity (Wildman–Crippen MR) is 91.1 cm³/mol. The number of benzene rings is 3. The van der Waals surface area contributed by atoms with Crippen LogP contribution in [-0.4, -0.2) is 6.04 Å². The van der Waals surface area contributed by atoms with E-state index in [1.165, 1.54) is 0 Å². The Kier molecular flexibility index (Phi) is 3.42. The van der Waals surface area contributed by atoms with Gasteiger partial charge in [-0.25, -0.2) is 0 Å². The Bertz CT molecular complexity index is 932. The highest BCUT2D eigenvalue weighted by Gasteiger charge is 2.34. The maximum absolute atomic E-state index is 14.0. The lowest BCUT2D eigenvalue weighted by Crippen LogP contribution is -2.17. The fourth-order valence-electron chi connectivity index (χ4n) is 3.40. The van der Waals surface area contributed by atoms with Gasteiger partial charge in [0.05, 0.1) is 0 Å². The number of halogens is 1. The molecule has 4 rings (SSSR count). The van der Waals surface area contributed by atoms with Gasteiger partial charge < -0.3 is 4.74 Å². The van der Waals surface area contributed by atoms with Gasteiger partial charge in [-0.05, 0) is 35.7 Å². The van der Waals surface area contributed by atoms with Crippen molar-refractivity contribution in [2.45, 2.75) is 12.8 Å². The molecule has 0 fully saturated rings. The SMILES string of the molecule is Cc1c(-c2ccccc2)ccc2c1C(C(=O)F)c1ccccc1O2. The number of ether oxygens (including phenoxy) is 1. The van der Waals surface area contributed by atoms with Gasteiger partial charge in [0.25, 0.3) is 0 Å². The number of para-hydroxylation sites is 1. The topological polar surface area (TPSA) is 26.3 Å². The molecule has 24 heavy (non-hydrogen) atoms. The number of hydrogen-bond acceptors (Lipinski definition) is 2. The summed E-state index contributed by atoms with van der Waals surface area (Å²) in [6.45, 7) is 1.91. The van der Waals surface area contributed by atoms with Crippen LogP contribution >= 0.6 is 0 Å². The van der Waals surface area contributed by atoms with Crippen molar-refractivity contribution in [1.29, 1.82) is 0 Å². The van der Waals surface area contributed by atoms with Gasteiger partial charge >= 0.3 is 6.04 Å². The number of fused-ring (bicyclic) bond motifs is 2. The standard InChI is InChI=1S/C21H15FO2/c1-13-15(14-7-3-2-4-8-14)11-12-18-19(13)20(21(22)23)16-9-5-6-10-17(16)24-18/h2-12,20H,1H3. The van der Waals surface area contributed by atoms with Crippen LogP contribution in [0.4, 0.5) is 4.39 Å². The summed E-state index contributed by atoms with van der Waals surface area (Å²) in [5.41, 5.74) is 4.06. The molecule has 0 amide bonds. The van der Waals surface area contributed by atoms with E-state index in [4.69, 9.17) is 4.74 Å². The summed E-state index contributed by atoms with van der Waals surface area (Å²) in [6.07, 6.45) is 0. The Hall–Kier alpha value is -2.94. The van der Waals surface area contributed by atoms with Crippen molar-refractivity contribution in [3.63, 3.8) is 0 Å². The van der Waals surface area contributed by atoms with Crippen molar-refractivity contribution in [2.75, 3.05) is 0 Å². The molecule has 0 saturated carbocycles. The average Bonchev–Trinajstić information content (AvgIpc) is 2.61. The van der Waals surface area contributed by atoms with Gasteiger partial charge in [-0.1, -0.05) is 54.6 Å². The Morgan fingerprint density at radius 1 is 0.917 bits per heavy atom. The molecule has 0 spiro atoms. The molecule has 1 atom stereocenters. The second-order valence-electron chi connectivity index (χ2n) is 5.89. The fraction of sp³-hybridized carbons (Fsp3) is 0.0952. The lowest BCUT2D eigenvalue weighted by Gasteiger charge is -2.28. The molecule has 1 unspecified atom stereocenters. The molecule has 3 aromatic rings. The van der Waals surface area contributed by atoms with Crippen LogP contribution in [0.25, 0.3) is 11.1 Å². The van der Waals surface area contributed by atoms with Gasteiger partial charge in [0.15, 0.2) is 0 Å². The molecule has 3 aromatic carbocycles. The van der Waals surface area contributed by atoms with Gasteiger partial charge in [0.2, 0.25) is 0 Å². The Balaban J connectivity index is 1.95. The highest BCUT2D eigenvalue weighted by Crippen LogP contribution is 2.47. The van der Waals surface area contributed by atoms with E-state index in [1.807, 2.05) is 55.5 Å². The van der Waals surface area contributed by atoms with Crippen LogP contribution in [0.5, 0.6) is 11.5 Å². The molecule has 0 saturated heterocycles. The number of rotatable bonds is 2. The smallest absolute Gasteiger partial charge is 0.313 e. The molecule has 3 heteroatoms. The molecule has 1 aliphatic heterocycles. The van der Waals surface area contributed by atoms with Crippen LogP contribution in [0.3, 0.4) is 0 Å². The van der Waals surface area contributed by atoms with Gasteiger partial charge in [-0.15, -0.1) is 0 Å². The molecule has 118 valence electrons. The third-order valence-corrected chi connectivity index (χ3v) is 4.53. The first-order valence-electron chi connectivity index (χ1n) is 7.82. The lowest BCUT2D eigenvalue weighted by molar-refractivity contribution is -0.130. The zero-order chi connectivity index (χ0) is 16.7. The Labute approximate surface area is 139 Å². The molecule has 0 N–H and O–H groups in total. The van der Waals surface area contributed by atoms with Crippen molar-refractivity contribution in [1.82, 2.24) is 0 Å². The third-order valence-electron chi connectivity index (χ3n) is 4.53. The van der Waals surface area contributed by atoms with E-state index in [0.717, 1.165) is 16.7 Å². The summed E-state index contributed by atoms with van der Waals surface area (Å²) in [7, 11) is 0. The van der Waals surface area contributed by atoms with Gasteiger partial charge in [0, 0.05) is 11.1 Å². The summed E-state index contributed by atoms with van der Waals surface area (Å²) >= 11 is 0. The van der Waals surface area contributed by atoms with Crippen molar-refractivity contribution in [2.24, 2.45) is 0 Å². The highest BCUT2D eigenvalue weighted by molar-refractivity contribution is 5.87. The number of carbonyl (C=O) groups is 1. The minimum atomic E-state index is -1.36. The maximum atomic E-state index is 14.0. The van der Waals surface area contributed by atoms with Crippen LogP contribution in [0, 0.1) is 6.92 Å². The molecule has 0 aromatic heterocycles. The van der Waals surface area contributed by atoms with Gasteiger partial charge in [0.1, 0.15) is 17.4 Å². The average molecular weight is 318 g/mol. The second kappa shape index (κ2) is 5.60. The largest absolute Gasteiger partial charge is 0.457 e. The van der Waals surface area contributed by atoms with E-state index in [1.54, 1.807) is 18.2 Å². The van der Waals surface area contributed by atoms with E-state index in [0.29, 0.717) is 22.6 Å². The highest BCUT2D eigenvalue weighted by atomic mass is 19.1.